The van der Waals surface area contributed by atoms with E-state index in [4.69, 9.17) is 0 Å². The van der Waals surface area contributed by atoms with Crippen LogP contribution in [0.15, 0.2) is 59.7 Å². The Labute approximate surface area is 94.6 Å². The molecule has 1 aliphatic heterocycles. The van der Waals surface area contributed by atoms with Crippen molar-refractivity contribution in [1.29, 1.82) is 0 Å². The van der Waals surface area contributed by atoms with E-state index >= 15 is 0 Å². The molecule has 2 aromatic carbocycles. The Balaban J connectivity index is 1.89. The highest BCUT2D eigenvalue weighted by Gasteiger charge is 2.16. The summed E-state index contributed by atoms with van der Waals surface area (Å²) in [6.07, 6.45) is 0.849. The van der Waals surface area contributed by atoms with Crippen LogP contribution in [0.3, 0.4) is 0 Å². The van der Waals surface area contributed by atoms with Crippen molar-refractivity contribution in [3.63, 3.8) is 0 Å². The lowest BCUT2D eigenvalue weighted by atomic mass is 10.0. The molecule has 0 N–H and O–H groups in total. The lowest BCUT2D eigenvalue weighted by Gasteiger charge is -2.01. The zero-order chi connectivity index (χ0) is 10.8. The minimum Gasteiger partial charge on any atom is -0.154 e. The van der Waals surface area contributed by atoms with Gasteiger partial charge in [-0.15, -0.1) is 0 Å². The molecule has 0 bridgehead atoms. The smallest absolute Gasteiger partial charge is 0.0948 e. The van der Waals surface area contributed by atoms with Crippen LogP contribution in [0.1, 0.15) is 11.1 Å². The molecule has 2 heteroatoms. The van der Waals surface area contributed by atoms with Crippen molar-refractivity contribution >= 4 is 11.4 Å². The van der Waals surface area contributed by atoms with Crippen molar-refractivity contribution in [3.05, 3.63) is 65.7 Å². The standard InChI is InChI=1S/C14H11N2/c1-2-6-11(7-3-1)10-14-12-8-4-5-9-13(12)15-16-14/h1-9H,10H2. The van der Waals surface area contributed by atoms with E-state index in [1.165, 1.54) is 5.56 Å². The minimum absolute atomic E-state index is 0.849. The van der Waals surface area contributed by atoms with Gasteiger partial charge in [-0.2, -0.15) is 10.5 Å². The van der Waals surface area contributed by atoms with E-state index < -0.39 is 0 Å². The first-order valence-corrected chi connectivity index (χ1v) is 5.34. The van der Waals surface area contributed by atoms with Gasteiger partial charge in [0.2, 0.25) is 0 Å². The van der Waals surface area contributed by atoms with Crippen molar-refractivity contribution in [2.24, 2.45) is 5.10 Å². The highest BCUT2D eigenvalue weighted by atomic mass is 15.3. The molecule has 1 heterocycles. The highest BCUT2D eigenvalue weighted by molar-refractivity contribution is 6.07. The molecule has 0 fully saturated rings. The fourth-order valence-electron chi connectivity index (χ4n) is 1.89. The number of hydrogen-bond acceptors (Lipinski definition) is 1. The van der Waals surface area contributed by atoms with Gasteiger partial charge in [0.25, 0.3) is 0 Å². The molecule has 0 spiro atoms. The second-order valence-corrected chi connectivity index (χ2v) is 3.83. The van der Waals surface area contributed by atoms with Crippen LogP contribution in [-0.2, 0) is 6.42 Å². The predicted molar refractivity (Wildman–Crippen MR) is 64.9 cm³/mol. The highest BCUT2D eigenvalue weighted by Crippen LogP contribution is 2.23. The Morgan fingerprint density at radius 3 is 2.44 bits per heavy atom. The van der Waals surface area contributed by atoms with E-state index in [-0.39, 0.29) is 0 Å². The van der Waals surface area contributed by atoms with Crippen LogP contribution in [0.5, 0.6) is 0 Å². The summed E-state index contributed by atoms with van der Waals surface area (Å²) in [6.45, 7) is 0. The van der Waals surface area contributed by atoms with E-state index in [0.29, 0.717) is 0 Å². The fraction of sp³-hybridized carbons (Fsp3) is 0.0714. The first-order chi connectivity index (χ1) is 7.93. The Hall–Kier alpha value is -2.09. The summed E-state index contributed by atoms with van der Waals surface area (Å²) in [5, 5.41) is 4.24. The topological polar surface area (TPSA) is 26.5 Å². The summed E-state index contributed by atoms with van der Waals surface area (Å²) in [4.78, 5) is 0. The van der Waals surface area contributed by atoms with E-state index in [2.05, 4.69) is 28.7 Å². The molecule has 2 aromatic rings. The second-order valence-electron chi connectivity index (χ2n) is 3.83. The summed E-state index contributed by atoms with van der Waals surface area (Å²) in [5.41, 5.74) is 8.63. The van der Waals surface area contributed by atoms with E-state index in [1.54, 1.807) is 0 Å². The van der Waals surface area contributed by atoms with Crippen molar-refractivity contribution in [3.8, 4) is 0 Å². The van der Waals surface area contributed by atoms with Gasteiger partial charge in [-0.25, -0.2) is 0 Å². The van der Waals surface area contributed by atoms with Crippen LogP contribution >= 0.6 is 0 Å². The van der Waals surface area contributed by atoms with Gasteiger partial charge in [0, 0.05) is 12.0 Å². The molecule has 77 valence electrons. The van der Waals surface area contributed by atoms with Crippen molar-refractivity contribution in [2.45, 2.75) is 6.42 Å². The van der Waals surface area contributed by atoms with Gasteiger partial charge < -0.3 is 0 Å². The van der Waals surface area contributed by atoms with Gasteiger partial charge >= 0.3 is 0 Å². The monoisotopic (exact) mass is 207 g/mol. The van der Waals surface area contributed by atoms with Gasteiger partial charge in [0.1, 0.15) is 0 Å². The summed E-state index contributed by atoms with van der Waals surface area (Å²) in [6, 6.07) is 18.4. The van der Waals surface area contributed by atoms with Crippen LogP contribution in [-0.4, -0.2) is 5.71 Å². The Bertz CT molecular complexity index is 529. The van der Waals surface area contributed by atoms with Gasteiger partial charge in [0.05, 0.1) is 11.4 Å². The molecule has 0 unspecified atom stereocenters. The van der Waals surface area contributed by atoms with Crippen LogP contribution in [0, 0.1) is 0 Å². The van der Waals surface area contributed by atoms with E-state index in [1.807, 2.05) is 36.4 Å². The quantitative estimate of drug-likeness (QED) is 0.724. The molecular weight excluding hydrogens is 196 g/mol. The lowest BCUT2D eigenvalue weighted by Crippen LogP contribution is -2.01. The maximum Gasteiger partial charge on any atom is 0.0948 e. The largest absolute Gasteiger partial charge is 0.154 e. The molecule has 0 aliphatic carbocycles. The molecule has 2 nitrogen and oxygen atoms in total. The Kier molecular flexibility index (Phi) is 2.18. The molecule has 0 atom stereocenters. The summed E-state index contributed by atoms with van der Waals surface area (Å²) in [7, 11) is 0. The average Bonchev–Trinajstić information content (AvgIpc) is 2.74. The predicted octanol–water partition coefficient (Wildman–Crippen LogP) is 2.88. The summed E-state index contributed by atoms with van der Waals surface area (Å²) in [5.74, 6) is 0. The molecular formula is C14H11N2. The zero-order valence-electron chi connectivity index (χ0n) is 8.80. The first kappa shape index (κ1) is 9.16. The molecule has 0 amide bonds. The van der Waals surface area contributed by atoms with Crippen molar-refractivity contribution in [2.75, 3.05) is 0 Å². The lowest BCUT2D eigenvalue weighted by molar-refractivity contribution is 0.982. The maximum absolute atomic E-state index is 4.24. The third kappa shape index (κ3) is 1.58. The Morgan fingerprint density at radius 1 is 0.812 bits per heavy atom. The van der Waals surface area contributed by atoms with E-state index in [0.717, 1.165) is 23.4 Å². The maximum atomic E-state index is 4.24. The number of rotatable bonds is 2. The molecule has 0 aromatic heterocycles. The molecule has 0 saturated heterocycles. The van der Waals surface area contributed by atoms with Gasteiger partial charge in [0.15, 0.2) is 0 Å². The third-order valence-electron chi connectivity index (χ3n) is 2.71. The minimum atomic E-state index is 0.849. The molecule has 16 heavy (non-hydrogen) atoms. The second kappa shape index (κ2) is 3.81. The normalized spacial score (nSPS) is 12.9. The van der Waals surface area contributed by atoms with Crippen molar-refractivity contribution in [1.82, 2.24) is 5.43 Å². The summed E-state index contributed by atoms with van der Waals surface area (Å²) >= 11 is 0. The van der Waals surface area contributed by atoms with E-state index in [9.17, 15) is 0 Å². The zero-order valence-corrected chi connectivity index (χ0v) is 8.80. The van der Waals surface area contributed by atoms with Crippen molar-refractivity contribution < 1.29 is 0 Å². The first-order valence-electron chi connectivity index (χ1n) is 5.34. The van der Waals surface area contributed by atoms with Gasteiger partial charge in [-0.3, -0.25) is 0 Å². The van der Waals surface area contributed by atoms with Crippen LogP contribution in [0.2, 0.25) is 0 Å². The fourth-order valence-corrected chi connectivity index (χ4v) is 1.89. The SMILES string of the molecule is c1ccc(CC2=N[N]c3ccccc32)cc1. The number of nitrogens with zero attached hydrogens (tertiary/aromatic N) is 2. The van der Waals surface area contributed by atoms with Crippen LogP contribution in [0.25, 0.3) is 0 Å². The number of hydrogen-bond donors (Lipinski definition) is 0. The summed E-state index contributed by atoms with van der Waals surface area (Å²) < 4.78 is 0. The van der Waals surface area contributed by atoms with Gasteiger partial charge in [-0.05, 0) is 11.6 Å². The number of fused-ring (bicyclic) bond motifs is 1. The Morgan fingerprint density at radius 2 is 1.56 bits per heavy atom. The van der Waals surface area contributed by atoms with Gasteiger partial charge in [-0.1, -0.05) is 48.5 Å². The molecule has 1 radical (unpaired) electrons. The van der Waals surface area contributed by atoms with Crippen LogP contribution in [0.4, 0.5) is 5.69 Å². The number of benzene rings is 2. The molecule has 3 rings (SSSR count). The third-order valence-corrected chi connectivity index (χ3v) is 2.71. The van der Waals surface area contributed by atoms with Crippen LogP contribution < -0.4 is 5.43 Å². The molecule has 0 saturated carbocycles. The molecule has 1 aliphatic rings. The average molecular weight is 207 g/mol.